The van der Waals surface area contributed by atoms with Gasteiger partial charge in [-0.15, -0.1) is 0 Å². The van der Waals surface area contributed by atoms with E-state index >= 15 is 0 Å². The Hall–Kier alpha value is -1.68. The van der Waals surface area contributed by atoms with Crippen molar-refractivity contribution in [1.82, 2.24) is 10.6 Å². The largest absolute Gasteiger partial charge is 0.307 e. The summed E-state index contributed by atoms with van der Waals surface area (Å²) in [4.78, 5) is 0. The average molecular weight is 255 g/mol. The van der Waals surface area contributed by atoms with E-state index in [0.717, 1.165) is 0 Å². The molecule has 2 rings (SSSR count). The van der Waals surface area contributed by atoms with Gasteiger partial charge in [0, 0.05) is 0 Å². The molecule has 0 atom stereocenters. The van der Waals surface area contributed by atoms with Crippen LogP contribution in [0.1, 0.15) is 5.56 Å². The fourth-order valence-electron chi connectivity index (χ4n) is 1.99. The number of nitrogens with one attached hydrogen (secondary N) is 2. The van der Waals surface area contributed by atoms with Crippen LogP contribution in [0, 0.1) is 0 Å². The lowest BCUT2D eigenvalue weighted by atomic mass is 9.89. The molecule has 0 aromatic heterocycles. The predicted octanol–water partition coefficient (Wildman–Crippen LogP) is 1.66. The second-order valence-corrected chi connectivity index (χ2v) is 4.78. The smallest absolute Gasteiger partial charge is 0.105 e. The molecule has 0 saturated heterocycles. The fourth-order valence-corrected chi connectivity index (χ4v) is 1.99. The molecule has 1 aliphatic rings. The van der Waals surface area contributed by atoms with Crippen LogP contribution in [-0.4, -0.2) is 25.3 Å². The number of rotatable bonds is 4. The van der Waals surface area contributed by atoms with E-state index in [9.17, 15) is 0 Å². The van der Waals surface area contributed by atoms with Crippen LogP contribution in [0.15, 0.2) is 60.7 Å². The SMILES string of the molecule is CNC1(N)C=CC(C=Cc2ccccc2)(NC)C=C1. The Balaban J connectivity index is 2.20. The van der Waals surface area contributed by atoms with Crippen molar-refractivity contribution in [3.05, 3.63) is 66.3 Å². The molecule has 0 bridgehead atoms. The summed E-state index contributed by atoms with van der Waals surface area (Å²) in [6.07, 6.45) is 12.3. The third-order valence-electron chi connectivity index (χ3n) is 3.49. The third-order valence-corrected chi connectivity index (χ3v) is 3.49. The number of hydrogen-bond donors (Lipinski definition) is 3. The first-order chi connectivity index (χ1) is 9.11. The zero-order valence-corrected chi connectivity index (χ0v) is 11.4. The zero-order valence-electron chi connectivity index (χ0n) is 11.4. The third kappa shape index (κ3) is 3.20. The molecule has 0 spiro atoms. The molecule has 19 heavy (non-hydrogen) atoms. The van der Waals surface area contributed by atoms with Gasteiger partial charge in [0.05, 0.1) is 5.54 Å². The Morgan fingerprint density at radius 2 is 1.58 bits per heavy atom. The van der Waals surface area contributed by atoms with Crippen LogP contribution in [0.5, 0.6) is 0 Å². The maximum Gasteiger partial charge on any atom is 0.105 e. The van der Waals surface area contributed by atoms with Crippen LogP contribution in [-0.2, 0) is 0 Å². The summed E-state index contributed by atoms with van der Waals surface area (Å²) >= 11 is 0. The van der Waals surface area contributed by atoms with Gasteiger partial charge in [-0.1, -0.05) is 54.6 Å². The van der Waals surface area contributed by atoms with Gasteiger partial charge in [0.1, 0.15) is 5.66 Å². The summed E-state index contributed by atoms with van der Waals surface area (Å²) in [7, 11) is 3.79. The standard InChI is InChI=1S/C16H21N3/c1-18-15(9-8-14-6-4-3-5-7-14)10-12-16(17,19-2)13-11-15/h3-13,18-19H,17H2,1-2H3. The van der Waals surface area contributed by atoms with E-state index in [1.807, 2.05) is 44.4 Å². The highest BCUT2D eigenvalue weighted by Gasteiger charge is 2.26. The van der Waals surface area contributed by atoms with E-state index in [0.29, 0.717) is 0 Å². The summed E-state index contributed by atoms with van der Waals surface area (Å²) in [5.74, 6) is 0. The van der Waals surface area contributed by atoms with Crippen molar-refractivity contribution in [2.45, 2.75) is 11.2 Å². The second kappa shape index (κ2) is 5.53. The minimum Gasteiger partial charge on any atom is -0.307 e. The van der Waals surface area contributed by atoms with E-state index in [-0.39, 0.29) is 5.54 Å². The van der Waals surface area contributed by atoms with Crippen molar-refractivity contribution in [2.75, 3.05) is 14.1 Å². The molecule has 0 aliphatic heterocycles. The number of benzene rings is 1. The van der Waals surface area contributed by atoms with Crippen LogP contribution < -0.4 is 16.4 Å². The van der Waals surface area contributed by atoms with E-state index in [2.05, 4.69) is 47.1 Å². The number of hydrogen-bond acceptors (Lipinski definition) is 3. The fraction of sp³-hybridized carbons (Fsp3) is 0.250. The van der Waals surface area contributed by atoms with Gasteiger partial charge < -0.3 is 11.1 Å². The molecular formula is C16H21N3. The average Bonchev–Trinajstić information content (AvgIpc) is 2.48. The Morgan fingerprint density at radius 1 is 0.947 bits per heavy atom. The van der Waals surface area contributed by atoms with Crippen LogP contribution in [0.25, 0.3) is 6.08 Å². The van der Waals surface area contributed by atoms with Crippen LogP contribution in [0.4, 0.5) is 0 Å². The first kappa shape index (κ1) is 13.7. The second-order valence-electron chi connectivity index (χ2n) is 4.78. The first-order valence-electron chi connectivity index (χ1n) is 6.43. The first-order valence-corrected chi connectivity index (χ1v) is 6.43. The highest BCUT2D eigenvalue weighted by Crippen LogP contribution is 2.21. The monoisotopic (exact) mass is 255 g/mol. The molecule has 100 valence electrons. The molecular weight excluding hydrogens is 234 g/mol. The molecule has 0 radical (unpaired) electrons. The molecule has 0 saturated carbocycles. The molecule has 3 heteroatoms. The zero-order chi connectivity index (χ0) is 13.8. The predicted molar refractivity (Wildman–Crippen MR) is 81.5 cm³/mol. The molecule has 1 aromatic carbocycles. The van der Waals surface area contributed by atoms with Crippen molar-refractivity contribution in [1.29, 1.82) is 0 Å². The number of likely N-dealkylation sites (N-methyl/N-ethyl adjacent to an activating group) is 2. The van der Waals surface area contributed by atoms with Crippen LogP contribution in [0.3, 0.4) is 0 Å². The lowest BCUT2D eigenvalue weighted by molar-refractivity contribution is 0.525. The van der Waals surface area contributed by atoms with Crippen LogP contribution >= 0.6 is 0 Å². The van der Waals surface area contributed by atoms with Crippen molar-refractivity contribution >= 4 is 6.08 Å². The molecule has 1 aliphatic carbocycles. The molecule has 0 amide bonds. The van der Waals surface area contributed by atoms with E-state index in [1.54, 1.807) is 0 Å². The Bertz CT molecular complexity index is 486. The molecule has 0 heterocycles. The van der Waals surface area contributed by atoms with Gasteiger partial charge in [0.25, 0.3) is 0 Å². The van der Waals surface area contributed by atoms with Gasteiger partial charge in [0.15, 0.2) is 0 Å². The summed E-state index contributed by atoms with van der Waals surface area (Å²) < 4.78 is 0. The highest BCUT2D eigenvalue weighted by atomic mass is 15.1. The lowest BCUT2D eigenvalue weighted by Gasteiger charge is -2.32. The van der Waals surface area contributed by atoms with Crippen molar-refractivity contribution in [3.8, 4) is 0 Å². The number of nitrogens with two attached hydrogens (primary N) is 1. The molecule has 4 N–H and O–H groups in total. The Morgan fingerprint density at radius 3 is 2.11 bits per heavy atom. The Labute approximate surface area is 114 Å². The van der Waals surface area contributed by atoms with Gasteiger partial charge >= 0.3 is 0 Å². The summed E-state index contributed by atoms with van der Waals surface area (Å²) in [5, 5.41) is 6.37. The van der Waals surface area contributed by atoms with Gasteiger partial charge in [0.2, 0.25) is 0 Å². The summed E-state index contributed by atoms with van der Waals surface area (Å²) in [6.45, 7) is 0. The Kier molecular flexibility index (Phi) is 4.00. The molecule has 0 fully saturated rings. The summed E-state index contributed by atoms with van der Waals surface area (Å²) in [6, 6.07) is 10.2. The van der Waals surface area contributed by atoms with Gasteiger partial charge in [-0.2, -0.15) is 0 Å². The van der Waals surface area contributed by atoms with Crippen molar-refractivity contribution in [2.24, 2.45) is 5.73 Å². The maximum atomic E-state index is 6.10. The van der Waals surface area contributed by atoms with Gasteiger partial charge in [-0.3, -0.25) is 5.32 Å². The van der Waals surface area contributed by atoms with Gasteiger partial charge in [-0.05, 0) is 31.8 Å². The lowest BCUT2D eigenvalue weighted by Crippen LogP contribution is -2.52. The minimum atomic E-state index is -0.555. The minimum absolute atomic E-state index is 0.282. The van der Waals surface area contributed by atoms with Gasteiger partial charge in [-0.25, -0.2) is 0 Å². The quantitative estimate of drug-likeness (QED) is 0.566. The molecule has 3 nitrogen and oxygen atoms in total. The maximum absolute atomic E-state index is 6.10. The molecule has 1 aromatic rings. The normalized spacial score (nSPS) is 30.1. The van der Waals surface area contributed by atoms with E-state index in [4.69, 9.17) is 5.73 Å². The van der Waals surface area contributed by atoms with Crippen molar-refractivity contribution in [3.63, 3.8) is 0 Å². The van der Waals surface area contributed by atoms with E-state index < -0.39 is 5.66 Å². The molecule has 0 unspecified atom stereocenters. The topological polar surface area (TPSA) is 50.1 Å². The highest BCUT2D eigenvalue weighted by molar-refractivity contribution is 5.54. The van der Waals surface area contributed by atoms with Crippen molar-refractivity contribution < 1.29 is 0 Å². The van der Waals surface area contributed by atoms with Crippen LogP contribution in [0.2, 0.25) is 0 Å². The summed E-state index contributed by atoms with van der Waals surface area (Å²) in [5.41, 5.74) is 6.45. The van der Waals surface area contributed by atoms with E-state index in [1.165, 1.54) is 5.56 Å².